The topological polar surface area (TPSA) is 20.2 Å². The molecule has 1 nitrogen and oxygen atoms in total. The van der Waals surface area contributed by atoms with E-state index in [2.05, 4.69) is 48.1 Å². The van der Waals surface area contributed by atoms with Crippen LogP contribution in [0.3, 0.4) is 0 Å². The molecule has 1 heteroatoms. The Labute approximate surface area is 187 Å². The lowest BCUT2D eigenvalue weighted by molar-refractivity contribution is -0.149. The standard InChI is InChI=1S/C29H50O/c1-18(2)19(3)8-9-20(4)23-12-13-25-22-10-11-24-21(5)27(30)15-17-29(24,7)26(22)14-16-28(23,25)6/h18,20-27,30H,3,8-17H2,1-2,4-7H3/t20-,21?,22+,23-,24?,25+,26+,27+,28-,29+/m1/s1. The third-order valence-electron chi connectivity index (χ3n) is 11.7. The van der Waals surface area contributed by atoms with Gasteiger partial charge >= 0.3 is 0 Å². The van der Waals surface area contributed by atoms with Crippen molar-refractivity contribution in [3.8, 4) is 0 Å². The predicted molar refractivity (Wildman–Crippen MR) is 128 cm³/mol. The van der Waals surface area contributed by atoms with Crippen molar-refractivity contribution in [1.29, 1.82) is 0 Å². The highest BCUT2D eigenvalue weighted by atomic mass is 16.3. The number of aliphatic hydroxyl groups excluding tert-OH is 1. The van der Waals surface area contributed by atoms with E-state index in [4.69, 9.17) is 0 Å². The number of hydrogen-bond acceptors (Lipinski definition) is 1. The van der Waals surface area contributed by atoms with Crippen LogP contribution in [0, 0.1) is 58.2 Å². The maximum Gasteiger partial charge on any atom is 0.0568 e. The van der Waals surface area contributed by atoms with Crippen molar-refractivity contribution in [1.82, 2.24) is 0 Å². The van der Waals surface area contributed by atoms with Gasteiger partial charge in [-0.15, -0.1) is 0 Å². The number of rotatable bonds is 5. The summed E-state index contributed by atoms with van der Waals surface area (Å²) in [5.74, 6) is 6.47. The average molecular weight is 415 g/mol. The molecule has 0 radical (unpaired) electrons. The maximum absolute atomic E-state index is 10.5. The predicted octanol–water partition coefficient (Wildman–Crippen LogP) is 7.88. The fourth-order valence-electron chi connectivity index (χ4n) is 9.59. The van der Waals surface area contributed by atoms with Gasteiger partial charge in [-0.05, 0) is 122 Å². The average Bonchev–Trinajstić information content (AvgIpc) is 3.06. The molecular weight excluding hydrogens is 364 g/mol. The van der Waals surface area contributed by atoms with Gasteiger partial charge in [0.1, 0.15) is 0 Å². The lowest BCUT2D eigenvalue weighted by atomic mass is 9.43. The van der Waals surface area contributed by atoms with Gasteiger partial charge in [-0.2, -0.15) is 0 Å². The summed E-state index contributed by atoms with van der Waals surface area (Å²) in [5, 5.41) is 10.5. The van der Waals surface area contributed by atoms with E-state index in [0.29, 0.717) is 22.7 Å². The molecule has 1 N–H and O–H groups in total. The van der Waals surface area contributed by atoms with E-state index in [1.807, 2.05) is 0 Å². The van der Waals surface area contributed by atoms with E-state index in [1.54, 1.807) is 0 Å². The van der Waals surface area contributed by atoms with Gasteiger partial charge in [-0.25, -0.2) is 0 Å². The van der Waals surface area contributed by atoms with Crippen molar-refractivity contribution in [2.75, 3.05) is 0 Å². The number of hydrogen-bond donors (Lipinski definition) is 1. The van der Waals surface area contributed by atoms with Gasteiger partial charge in [-0.1, -0.05) is 53.7 Å². The third kappa shape index (κ3) is 3.54. The molecule has 0 aromatic heterocycles. The van der Waals surface area contributed by atoms with Crippen molar-refractivity contribution in [3.63, 3.8) is 0 Å². The fraction of sp³-hybridized carbons (Fsp3) is 0.931. The zero-order valence-corrected chi connectivity index (χ0v) is 20.9. The van der Waals surface area contributed by atoms with Crippen molar-refractivity contribution >= 4 is 0 Å². The molecule has 2 unspecified atom stereocenters. The van der Waals surface area contributed by atoms with Crippen LogP contribution in [-0.2, 0) is 0 Å². The van der Waals surface area contributed by atoms with E-state index in [-0.39, 0.29) is 6.10 Å². The molecule has 4 saturated carbocycles. The van der Waals surface area contributed by atoms with Gasteiger partial charge in [0.2, 0.25) is 0 Å². The van der Waals surface area contributed by atoms with E-state index < -0.39 is 0 Å². The van der Waals surface area contributed by atoms with Gasteiger partial charge in [0.05, 0.1) is 6.10 Å². The Morgan fingerprint density at radius 2 is 1.53 bits per heavy atom. The lowest BCUT2D eigenvalue weighted by Crippen LogP contribution is -2.56. The molecule has 4 aliphatic rings. The molecule has 0 spiro atoms. The highest BCUT2D eigenvalue weighted by molar-refractivity contribution is 5.10. The summed E-state index contributed by atoms with van der Waals surface area (Å²) in [7, 11) is 0. The van der Waals surface area contributed by atoms with Gasteiger partial charge in [0.25, 0.3) is 0 Å². The van der Waals surface area contributed by atoms with E-state index in [1.165, 1.54) is 63.4 Å². The first-order valence-corrected chi connectivity index (χ1v) is 13.4. The molecule has 0 saturated heterocycles. The zero-order valence-electron chi connectivity index (χ0n) is 20.9. The molecule has 0 amide bonds. The molecule has 0 aromatic rings. The molecule has 0 aromatic carbocycles. The van der Waals surface area contributed by atoms with Crippen molar-refractivity contribution in [2.24, 2.45) is 58.2 Å². The Hall–Kier alpha value is -0.300. The van der Waals surface area contributed by atoms with Crippen LogP contribution in [0.1, 0.15) is 106 Å². The Bertz CT molecular complexity index is 636. The highest BCUT2D eigenvalue weighted by Crippen LogP contribution is 2.68. The summed E-state index contributed by atoms with van der Waals surface area (Å²) in [6.07, 6.45) is 13.5. The first-order chi connectivity index (χ1) is 14.1. The molecule has 4 fully saturated rings. The van der Waals surface area contributed by atoms with Gasteiger partial charge < -0.3 is 5.11 Å². The zero-order chi connectivity index (χ0) is 21.8. The van der Waals surface area contributed by atoms with Crippen molar-refractivity contribution < 1.29 is 5.11 Å². The maximum atomic E-state index is 10.5. The number of fused-ring (bicyclic) bond motifs is 5. The summed E-state index contributed by atoms with van der Waals surface area (Å²) >= 11 is 0. The number of allylic oxidation sites excluding steroid dienone is 1. The van der Waals surface area contributed by atoms with E-state index >= 15 is 0 Å². The lowest BCUT2D eigenvalue weighted by Gasteiger charge is -2.62. The molecule has 172 valence electrons. The Balaban J connectivity index is 1.48. The molecule has 4 rings (SSSR count). The second kappa shape index (κ2) is 8.24. The molecule has 0 heterocycles. The van der Waals surface area contributed by atoms with Crippen LogP contribution in [0.4, 0.5) is 0 Å². The largest absolute Gasteiger partial charge is 0.393 e. The molecular formula is C29H50O. The Kier molecular flexibility index (Phi) is 6.28. The molecule has 10 atom stereocenters. The Morgan fingerprint density at radius 1 is 0.900 bits per heavy atom. The summed E-state index contributed by atoms with van der Waals surface area (Å²) < 4.78 is 0. The minimum Gasteiger partial charge on any atom is -0.393 e. The summed E-state index contributed by atoms with van der Waals surface area (Å²) in [6, 6.07) is 0. The first-order valence-electron chi connectivity index (χ1n) is 13.4. The van der Waals surface area contributed by atoms with E-state index in [0.717, 1.165) is 41.9 Å². The van der Waals surface area contributed by atoms with Gasteiger partial charge in [0, 0.05) is 0 Å². The highest BCUT2D eigenvalue weighted by Gasteiger charge is 2.61. The Morgan fingerprint density at radius 3 is 2.23 bits per heavy atom. The van der Waals surface area contributed by atoms with Crippen LogP contribution in [0.5, 0.6) is 0 Å². The van der Waals surface area contributed by atoms with Crippen LogP contribution >= 0.6 is 0 Å². The second-order valence-corrected chi connectivity index (χ2v) is 13.1. The second-order valence-electron chi connectivity index (χ2n) is 13.1. The SMILES string of the molecule is C=C(CC[C@@H](C)[C@H]1CC[C@H]2[C@@H]3CCC4C(C)[C@@H](O)CC[C@]4(C)[C@H]3CC[C@]12C)C(C)C. The van der Waals surface area contributed by atoms with Crippen LogP contribution in [0.15, 0.2) is 12.2 Å². The summed E-state index contributed by atoms with van der Waals surface area (Å²) in [6.45, 7) is 19.2. The van der Waals surface area contributed by atoms with Crippen LogP contribution in [0.2, 0.25) is 0 Å². The normalized spacial score (nSPS) is 49.3. The molecule has 0 bridgehead atoms. The molecule has 30 heavy (non-hydrogen) atoms. The summed E-state index contributed by atoms with van der Waals surface area (Å²) in [4.78, 5) is 0. The minimum atomic E-state index is -0.0502. The van der Waals surface area contributed by atoms with Gasteiger partial charge in [-0.3, -0.25) is 0 Å². The quantitative estimate of drug-likeness (QED) is 0.454. The van der Waals surface area contributed by atoms with Gasteiger partial charge in [0.15, 0.2) is 0 Å². The molecule has 0 aliphatic heterocycles. The van der Waals surface area contributed by atoms with Crippen LogP contribution in [-0.4, -0.2) is 11.2 Å². The smallest absolute Gasteiger partial charge is 0.0568 e. The monoisotopic (exact) mass is 414 g/mol. The van der Waals surface area contributed by atoms with Crippen molar-refractivity contribution in [2.45, 2.75) is 112 Å². The van der Waals surface area contributed by atoms with Crippen LogP contribution in [0.25, 0.3) is 0 Å². The minimum absolute atomic E-state index is 0.0502. The number of aliphatic hydroxyl groups is 1. The molecule has 4 aliphatic carbocycles. The van der Waals surface area contributed by atoms with Crippen LogP contribution < -0.4 is 0 Å². The summed E-state index contributed by atoms with van der Waals surface area (Å²) in [5.41, 5.74) is 2.51. The third-order valence-corrected chi connectivity index (χ3v) is 11.7. The van der Waals surface area contributed by atoms with Crippen molar-refractivity contribution in [3.05, 3.63) is 12.2 Å². The van der Waals surface area contributed by atoms with E-state index in [9.17, 15) is 5.11 Å². The fourth-order valence-corrected chi connectivity index (χ4v) is 9.59. The first kappa shape index (κ1) is 22.9.